The highest BCUT2D eigenvalue weighted by Gasteiger charge is 2.30. The smallest absolute Gasteiger partial charge is 0.290 e. The predicted octanol–water partition coefficient (Wildman–Crippen LogP) is 2.45. The molecule has 0 amide bonds. The number of halogens is 2. The molecule has 0 unspecified atom stereocenters. The summed E-state index contributed by atoms with van der Waals surface area (Å²) in [5, 5.41) is 17.4. The number of pyridine rings is 1. The maximum absolute atomic E-state index is 14.8. The lowest BCUT2D eigenvalue weighted by atomic mass is 10.0. The molecule has 1 aliphatic heterocycles. The van der Waals surface area contributed by atoms with Gasteiger partial charge in [0.2, 0.25) is 0 Å². The Bertz CT molecular complexity index is 1150. The summed E-state index contributed by atoms with van der Waals surface area (Å²) < 4.78 is 30.8. The van der Waals surface area contributed by atoms with Crippen molar-refractivity contribution in [3.63, 3.8) is 0 Å². The SMILES string of the molecule is C/C(=N/OCCCO)c1ccc2[n+](n1)C(Cc1c(F)cc3ncccc3c1F)=N2. The molecule has 0 atom stereocenters. The van der Waals surface area contributed by atoms with E-state index in [1.807, 2.05) is 0 Å². The zero-order valence-corrected chi connectivity index (χ0v) is 15.6. The first-order valence-electron chi connectivity index (χ1n) is 9.09. The lowest BCUT2D eigenvalue weighted by molar-refractivity contribution is -0.625. The standard InChI is InChI=1S/C20H18F2N5O2/c1-12(26-29-9-3-8-28)16-5-6-18-24-19(27(18)25-16)10-14-15(21)11-17-13(20(14)22)4-2-7-23-17/h2,4-7,11,28H,3,8-10H2,1H3/q+1/b26-12-. The van der Waals surface area contributed by atoms with Crippen molar-refractivity contribution in [2.75, 3.05) is 13.2 Å². The van der Waals surface area contributed by atoms with Gasteiger partial charge in [-0.15, -0.1) is 9.78 Å². The van der Waals surface area contributed by atoms with Crippen LogP contribution in [0.4, 0.5) is 14.6 Å². The number of hydrogen-bond donors (Lipinski definition) is 1. The fourth-order valence-electron chi connectivity index (χ4n) is 2.96. The maximum Gasteiger partial charge on any atom is 0.290 e. The zero-order chi connectivity index (χ0) is 20.4. The molecule has 0 saturated heterocycles. The van der Waals surface area contributed by atoms with Gasteiger partial charge in [0.25, 0.3) is 11.7 Å². The summed E-state index contributed by atoms with van der Waals surface area (Å²) in [7, 11) is 0. The van der Waals surface area contributed by atoms with Crippen LogP contribution in [0.2, 0.25) is 0 Å². The van der Waals surface area contributed by atoms with E-state index in [0.717, 1.165) is 0 Å². The van der Waals surface area contributed by atoms with E-state index in [0.29, 0.717) is 36.1 Å². The van der Waals surface area contributed by atoms with E-state index in [4.69, 9.17) is 9.94 Å². The number of nitrogens with zero attached hydrogens (tertiary/aromatic N) is 5. The van der Waals surface area contributed by atoms with Gasteiger partial charge in [0, 0.05) is 42.3 Å². The van der Waals surface area contributed by atoms with Gasteiger partial charge in [-0.3, -0.25) is 4.98 Å². The molecule has 1 aliphatic rings. The maximum atomic E-state index is 14.8. The monoisotopic (exact) mass is 398 g/mol. The lowest BCUT2D eigenvalue weighted by Crippen LogP contribution is -2.54. The van der Waals surface area contributed by atoms with Crippen LogP contribution in [0, 0.1) is 11.6 Å². The van der Waals surface area contributed by atoms with Crippen molar-refractivity contribution in [3.05, 3.63) is 59.4 Å². The van der Waals surface area contributed by atoms with Gasteiger partial charge in [-0.1, -0.05) is 10.1 Å². The summed E-state index contributed by atoms with van der Waals surface area (Å²) in [6.45, 7) is 2.06. The molecular weight excluding hydrogens is 380 g/mol. The lowest BCUT2D eigenvalue weighted by Gasteiger charge is -2.14. The van der Waals surface area contributed by atoms with Crippen LogP contribution in [0.5, 0.6) is 0 Å². The van der Waals surface area contributed by atoms with Crippen LogP contribution in [0.3, 0.4) is 0 Å². The number of oxime groups is 1. The molecule has 0 spiro atoms. The number of rotatable bonds is 7. The highest BCUT2D eigenvalue weighted by molar-refractivity contribution is 5.96. The Kier molecular flexibility index (Phi) is 5.22. The molecule has 1 aromatic carbocycles. The summed E-state index contributed by atoms with van der Waals surface area (Å²) in [5.41, 5.74) is 1.28. The van der Waals surface area contributed by atoms with Gasteiger partial charge in [-0.2, -0.15) is 0 Å². The molecule has 0 saturated carbocycles. The highest BCUT2D eigenvalue weighted by atomic mass is 19.1. The van der Waals surface area contributed by atoms with Crippen LogP contribution in [0.25, 0.3) is 10.9 Å². The van der Waals surface area contributed by atoms with Crippen molar-refractivity contribution >= 4 is 28.3 Å². The van der Waals surface area contributed by atoms with Gasteiger partial charge in [0.05, 0.1) is 11.9 Å². The van der Waals surface area contributed by atoms with Crippen LogP contribution >= 0.6 is 0 Å². The Balaban J connectivity index is 1.57. The van der Waals surface area contributed by atoms with Gasteiger partial charge in [-0.05, 0) is 25.1 Å². The van der Waals surface area contributed by atoms with E-state index in [9.17, 15) is 8.78 Å². The topological polar surface area (TPSA) is 83.8 Å². The van der Waals surface area contributed by atoms with Gasteiger partial charge < -0.3 is 9.94 Å². The molecule has 9 heteroatoms. The number of hydrogen-bond acceptors (Lipinski definition) is 6. The summed E-state index contributed by atoms with van der Waals surface area (Å²) in [6.07, 6.45) is 1.93. The van der Waals surface area contributed by atoms with Gasteiger partial charge in [0.15, 0.2) is 0 Å². The van der Waals surface area contributed by atoms with Crippen molar-refractivity contribution in [1.82, 2.24) is 10.1 Å². The van der Waals surface area contributed by atoms with Crippen LogP contribution in [0.1, 0.15) is 24.6 Å². The summed E-state index contributed by atoms with van der Waals surface area (Å²) in [6, 6.07) is 7.88. The average Bonchev–Trinajstić information content (AvgIpc) is 2.71. The molecule has 29 heavy (non-hydrogen) atoms. The molecule has 2 aromatic heterocycles. The molecule has 3 heterocycles. The van der Waals surface area contributed by atoms with E-state index in [2.05, 4.69) is 20.2 Å². The quantitative estimate of drug-likeness (QED) is 0.287. The van der Waals surface area contributed by atoms with E-state index in [-0.39, 0.29) is 29.5 Å². The minimum absolute atomic E-state index is 0.0271. The van der Waals surface area contributed by atoms with E-state index in [1.165, 1.54) is 16.9 Å². The van der Waals surface area contributed by atoms with Crippen molar-refractivity contribution in [3.8, 4) is 0 Å². The minimum atomic E-state index is -0.670. The Labute approximate surface area is 165 Å². The second kappa shape index (κ2) is 7.96. The van der Waals surface area contributed by atoms with Crippen molar-refractivity contribution in [2.45, 2.75) is 19.8 Å². The first-order chi connectivity index (χ1) is 14.1. The van der Waals surface area contributed by atoms with E-state index >= 15 is 0 Å². The summed E-state index contributed by atoms with van der Waals surface area (Å²) in [4.78, 5) is 13.4. The van der Waals surface area contributed by atoms with Gasteiger partial charge >= 0.3 is 0 Å². The molecule has 148 valence electrons. The molecule has 4 rings (SSSR count). The minimum Gasteiger partial charge on any atom is -0.396 e. The normalized spacial score (nSPS) is 13.1. The Morgan fingerprint density at radius 1 is 1.28 bits per heavy atom. The molecule has 0 aliphatic carbocycles. The number of benzene rings is 1. The largest absolute Gasteiger partial charge is 0.396 e. The Morgan fingerprint density at radius 2 is 2.14 bits per heavy atom. The Hall–Kier alpha value is -3.33. The molecule has 0 radical (unpaired) electrons. The molecule has 3 aromatic rings. The van der Waals surface area contributed by atoms with Gasteiger partial charge in [-0.25, -0.2) is 8.78 Å². The van der Waals surface area contributed by atoms with E-state index in [1.54, 1.807) is 31.2 Å². The predicted molar refractivity (Wildman–Crippen MR) is 102 cm³/mol. The molecule has 0 bridgehead atoms. The number of aliphatic imine (C=N–C) groups is 1. The first-order valence-corrected chi connectivity index (χ1v) is 9.09. The Morgan fingerprint density at radius 3 is 2.97 bits per heavy atom. The van der Waals surface area contributed by atoms with Crippen molar-refractivity contribution < 1.29 is 23.4 Å². The van der Waals surface area contributed by atoms with Crippen LogP contribution in [0.15, 0.2) is 46.7 Å². The molecular formula is C20H18F2N5O2+. The van der Waals surface area contributed by atoms with E-state index < -0.39 is 11.6 Å². The third kappa shape index (κ3) is 3.68. The van der Waals surface area contributed by atoms with Crippen LogP contribution in [-0.2, 0) is 11.3 Å². The van der Waals surface area contributed by atoms with Crippen LogP contribution in [-0.4, -0.2) is 40.0 Å². The fraction of sp³-hybridized carbons (Fsp3) is 0.250. The van der Waals surface area contributed by atoms with Crippen molar-refractivity contribution in [2.24, 2.45) is 10.1 Å². The third-order valence-electron chi connectivity index (χ3n) is 4.50. The second-order valence-corrected chi connectivity index (χ2v) is 6.50. The van der Waals surface area contributed by atoms with Crippen molar-refractivity contribution in [1.29, 1.82) is 0 Å². The number of aromatic nitrogens is 3. The number of aliphatic hydroxyl groups excluding tert-OH is 1. The summed E-state index contributed by atoms with van der Waals surface area (Å²) in [5.74, 6) is -0.300. The average molecular weight is 398 g/mol. The van der Waals surface area contributed by atoms with Crippen LogP contribution < -0.4 is 4.68 Å². The number of fused-ring (bicyclic) bond motifs is 2. The molecule has 1 N–H and O–H groups in total. The molecule has 0 fully saturated rings. The second-order valence-electron chi connectivity index (χ2n) is 6.50. The third-order valence-corrected chi connectivity index (χ3v) is 4.50. The van der Waals surface area contributed by atoms with Gasteiger partial charge in [0.1, 0.15) is 29.6 Å². The fourth-order valence-corrected chi connectivity index (χ4v) is 2.96. The summed E-state index contributed by atoms with van der Waals surface area (Å²) >= 11 is 0. The zero-order valence-electron chi connectivity index (χ0n) is 15.6. The number of aliphatic hydroxyl groups is 1. The first kappa shape index (κ1) is 19.0. The highest BCUT2D eigenvalue weighted by Crippen LogP contribution is 2.24. The molecule has 7 nitrogen and oxygen atoms in total.